The van der Waals surface area contributed by atoms with Crippen LogP contribution < -0.4 is 5.56 Å². The van der Waals surface area contributed by atoms with E-state index in [0.29, 0.717) is 0 Å². The first-order chi connectivity index (χ1) is 10.5. The molecule has 0 aliphatic heterocycles. The lowest BCUT2D eigenvalue weighted by molar-refractivity contribution is 0.291. The highest BCUT2D eigenvalue weighted by Crippen LogP contribution is 2.08. The Bertz CT molecular complexity index is 928. The summed E-state index contributed by atoms with van der Waals surface area (Å²) in [5.41, 5.74) is 1.65. The second-order valence-electron chi connectivity index (χ2n) is 4.69. The summed E-state index contributed by atoms with van der Waals surface area (Å²) in [6, 6.07) is 9.65. The van der Waals surface area contributed by atoms with Gasteiger partial charge in [0, 0.05) is 11.1 Å². The predicted molar refractivity (Wildman–Crippen MR) is 87.5 cm³/mol. The number of hydrogen-bond acceptors (Lipinski definition) is 4. The molecule has 0 saturated heterocycles. The van der Waals surface area contributed by atoms with Crippen LogP contribution in [0, 0.1) is 6.92 Å². The summed E-state index contributed by atoms with van der Waals surface area (Å²) in [5, 5.41) is 10.0. The number of benzene rings is 1. The lowest BCUT2D eigenvalue weighted by atomic mass is 10.1. The molecule has 3 rings (SSSR count). The standard InChI is InChI=1S/C10H9NO.C6H6O3S/c1-7-6-8-4-2-3-5-9(8)11-10(7)12;7-5-3-1-2-4-6(5)10(8)9/h2-6H,1H3,(H,11,12);1-5,7H. The van der Waals surface area contributed by atoms with E-state index in [1.54, 1.807) is 12.2 Å². The maximum absolute atomic E-state index is 11.2. The first-order valence-electron chi connectivity index (χ1n) is 6.57. The summed E-state index contributed by atoms with van der Waals surface area (Å²) in [4.78, 5) is 14.0. The van der Waals surface area contributed by atoms with Crippen molar-refractivity contribution in [2.24, 2.45) is 0 Å². The van der Waals surface area contributed by atoms with E-state index < -0.39 is 16.4 Å². The topological polar surface area (TPSA) is 87.2 Å². The van der Waals surface area contributed by atoms with Crippen molar-refractivity contribution < 1.29 is 13.5 Å². The molecule has 1 heterocycles. The Morgan fingerprint density at radius 2 is 1.91 bits per heavy atom. The monoisotopic (exact) mass is 317 g/mol. The number of hydrogen-bond donors (Lipinski definition) is 2. The van der Waals surface area contributed by atoms with E-state index >= 15 is 0 Å². The number of aromatic nitrogens is 1. The van der Waals surface area contributed by atoms with Crippen LogP contribution in [0.4, 0.5) is 0 Å². The van der Waals surface area contributed by atoms with Gasteiger partial charge in [0.1, 0.15) is 11.0 Å². The minimum absolute atomic E-state index is 0.00583. The molecule has 0 radical (unpaired) electrons. The highest BCUT2D eigenvalue weighted by atomic mass is 32.2. The van der Waals surface area contributed by atoms with E-state index in [4.69, 9.17) is 5.11 Å². The molecule has 0 bridgehead atoms. The predicted octanol–water partition coefficient (Wildman–Crippen LogP) is 1.36. The molecule has 6 heteroatoms. The highest BCUT2D eigenvalue weighted by Gasteiger charge is 2.09. The number of H-pyrrole nitrogens is 1. The summed E-state index contributed by atoms with van der Waals surface area (Å²) >= 11 is 0. The Morgan fingerprint density at radius 3 is 2.55 bits per heavy atom. The van der Waals surface area contributed by atoms with Crippen LogP contribution in [0.5, 0.6) is 0 Å². The minimum atomic E-state index is -2.30. The van der Waals surface area contributed by atoms with Gasteiger partial charge in [-0.15, -0.1) is 0 Å². The maximum atomic E-state index is 11.2. The van der Waals surface area contributed by atoms with E-state index in [0.717, 1.165) is 16.5 Å². The molecule has 1 aromatic heterocycles. The van der Waals surface area contributed by atoms with Gasteiger partial charge in [-0.1, -0.05) is 36.4 Å². The van der Waals surface area contributed by atoms with Gasteiger partial charge in [0.2, 0.25) is 10.3 Å². The van der Waals surface area contributed by atoms with Gasteiger partial charge in [-0.25, -0.2) is 0 Å². The van der Waals surface area contributed by atoms with Crippen molar-refractivity contribution in [3.63, 3.8) is 0 Å². The third kappa shape index (κ3) is 3.81. The number of rotatable bonds is 0. The third-order valence-electron chi connectivity index (χ3n) is 3.09. The van der Waals surface area contributed by atoms with Gasteiger partial charge < -0.3 is 10.1 Å². The number of para-hydroxylation sites is 1. The molecular weight excluding hydrogens is 302 g/mol. The van der Waals surface area contributed by atoms with Crippen LogP contribution in [0.1, 0.15) is 5.56 Å². The zero-order valence-electron chi connectivity index (χ0n) is 11.9. The Hall–Kier alpha value is -2.44. The van der Waals surface area contributed by atoms with Crippen LogP contribution in [0.25, 0.3) is 10.9 Å². The van der Waals surface area contributed by atoms with Crippen LogP contribution in [0.2, 0.25) is 0 Å². The van der Waals surface area contributed by atoms with E-state index in [9.17, 15) is 13.2 Å². The molecule has 2 aromatic rings. The number of allylic oxidation sites excluding steroid dienone is 2. The van der Waals surface area contributed by atoms with Crippen molar-refractivity contribution >= 4 is 26.1 Å². The van der Waals surface area contributed by atoms with Gasteiger partial charge in [0.15, 0.2) is 0 Å². The quantitative estimate of drug-likeness (QED) is 0.718. The molecule has 0 spiro atoms. The summed E-state index contributed by atoms with van der Waals surface area (Å²) in [5.74, 6) is 0. The first kappa shape index (κ1) is 15.9. The van der Waals surface area contributed by atoms with Gasteiger partial charge >= 0.3 is 0 Å². The molecule has 0 amide bonds. The van der Waals surface area contributed by atoms with Crippen molar-refractivity contribution in [1.29, 1.82) is 0 Å². The number of pyridine rings is 1. The average molecular weight is 317 g/mol. The van der Waals surface area contributed by atoms with Crippen LogP contribution in [-0.2, 0) is 10.3 Å². The van der Waals surface area contributed by atoms with Crippen LogP contribution >= 0.6 is 0 Å². The van der Waals surface area contributed by atoms with Crippen LogP contribution in [-0.4, -0.2) is 29.5 Å². The van der Waals surface area contributed by atoms with Gasteiger partial charge in [-0.3, -0.25) is 4.79 Å². The number of aromatic amines is 1. The fourth-order valence-corrected chi connectivity index (χ4v) is 2.39. The van der Waals surface area contributed by atoms with Crippen molar-refractivity contribution in [3.05, 3.63) is 70.6 Å². The van der Waals surface area contributed by atoms with Crippen LogP contribution in [0.3, 0.4) is 0 Å². The summed E-state index contributed by atoms with van der Waals surface area (Å²) in [6.07, 6.45) is 4.97. The zero-order chi connectivity index (χ0) is 16.1. The largest absolute Gasteiger partial charge is 0.383 e. The molecule has 22 heavy (non-hydrogen) atoms. The van der Waals surface area contributed by atoms with Crippen molar-refractivity contribution in [3.8, 4) is 0 Å². The van der Waals surface area contributed by atoms with Gasteiger partial charge in [0.05, 0.1) is 0 Å². The average Bonchev–Trinajstić information content (AvgIpc) is 2.49. The molecule has 1 atom stereocenters. The Labute approximate surface area is 128 Å². The molecule has 1 unspecified atom stereocenters. The van der Waals surface area contributed by atoms with E-state index in [1.165, 1.54) is 12.2 Å². The SMILES string of the molecule is Cc1cc2ccccc2[nH]c1=O.O=S(=O)=C1C=CC=CC1O. The molecule has 1 aromatic carbocycles. The van der Waals surface area contributed by atoms with Gasteiger partial charge in [0.25, 0.3) is 5.56 Å². The van der Waals surface area contributed by atoms with Crippen LogP contribution in [0.15, 0.2) is 59.4 Å². The molecule has 2 N–H and O–H groups in total. The molecule has 0 saturated carbocycles. The molecule has 5 nitrogen and oxygen atoms in total. The Morgan fingerprint density at radius 1 is 1.18 bits per heavy atom. The number of aliphatic hydroxyl groups excluding tert-OH is 1. The fraction of sp³-hybridized carbons (Fsp3) is 0.125. The Kier molecular flexibility index (Phi) is 5.08. The number of aliphatic hydroxyl groups is 1. The fourth-order valence-electron chi connectivity index (χ4n) is 1.92. The summed E-state index contributed by atoms with van der Waals surface area (Å²) in [6.45, 7) is 1.81. The third-order valence-corrected chi connectivity index (χ3v) is 3.85. The van der Waals surface area contributed by atoms with Gasteiger partial charge in [-0.05, 0) is 30.5 Å². The zero-order valence-corrected chi connectivity index (χ0v) is 12.7. The van der Waals surface area contributed by atoms with Gasteiger partial charge in [-0.2, -0.15) is 8.42 Å². The molecule has 1 aliphatic rings. The Balaban J connectivity index is 0.000000164. The number of aryl methyl sites for hydroxylation is 1. The number of fused-ring (bicyclic) bond motifs is 1. The summed E-state index contributed by atoms with van der Waals surface area (Å²) < 4.78 is 20.6. The maximum Gasteiger partial charge on any atom is 0.251 e. The first-order valence-corrected chi connectivity index (χ1v) is 7.64. The second-order valence-corrected chi connectivity index (χ2v) is 5.64. The molecule has 0 fully saturated rings. The lowest BCUT2D eigenvalue weighted by Gasteiger charge is -2.03. The minimum Gasteiger partial charge on any atom is -0.383 e. The van der Waals surface area contributed by atoms with Crippen molar-refractivity contribution in [2.75, 3.05) is 0 Å². The van der Waals surface area contributed by atoms with Crippen molar-refractivity contribution in [2.45, 2.75) is 13.0 Å². The molecule has 114 valence electrons. The van der Waals surface area contributed by atoms with E-state index in [1.807, 2.05) is 37.3 Å². The lowest BCUT2D eigenvalue weighted by Crippen LogP contribution is -2.17. The summed E-state index contributed by atoms with van der Waals surface area (Å²) in [7, 11) is -2.30. The van der Waals surface area contributed by atoms with E-state index in [-0.39, 0.29) is 10.4 Å². The highest BCUT2D eigenvalue weighted by molar-refractivity contribution is 7.73. The van der Waals surface area contributed by atoms with Crippen molar-refractivity contribution in [1.82, 2.24) is 4.98 Å². The molecule has 1 aliphatic carbocycles. The van der Waals surface area contributed by atoms with E-state index in [2.05, 4.69) is 4.98 Å². The normalized spacial score (nSPS) is 16.3. The smallest absolute Gasteiger partial charge is 0.251 e. The number of nitrogens with one attached hydrogen (secondary N) is 1. The molecular formula is C16H15NO4S. The second kappa shape index (κ2) is 7.02.